The molecule has 2 aromatic rings. The number of hydrogen-bond acceptors (Lipinski definition) is 4. The highest BCUT2D eigenvalue weighted by molar-refractivity contribution is 7.89. The van der Waals surface area contributed by atoms with Gasteiger partial charge >= 0.3 is 0 Å². The van der Waals surface area contributed by atoms with Crippen molar-refractivity contribution in [1.82, 2.24) is 14.5 Å². The minimum atomic E-state index is -3.45. The average molecular weight is 422 g/mol. The third-order valence-electron chi connectivity index (χ3n) is 4.81. The lowest BCUT2D eigenvalue weighted by Crippen LogP contribution is -2.50. The van der Waals surface area contributed by atoms with Crippen molar-refractivity contribution >= 4 is 27.5 Å². The number of carbonyl (C=O) groups excluding carboxylic acids is 1. The highest BCUT2D eigenvalue weighted by Gasteiger charge is 2.28. The van der Waals surface area contributed by atoms with E-state index in [0.717, 1.165) is 5.56 Å². The second-order valence-corrected chi connectivity index (χ2v) is 9.20. The van der Waals surface area contributed by atoms with Crippen LogP contribution in [0.25, 0.3) is 0 Å². The summed E-state index contributed by atoms with van der Waals surface area (Å²) in [5, 5.41) is 3.48. The van der Waals surface area contributed by atoms with Gasteiger partial charge in [0, 0.05) is 49.9 Å². The number of benzene rings is 2. The van der Waals surface area contributed by atoms with Crippen molar-refractivity contribution in [3.05, 3.63) is 64.7 Å². The molecule has 0 radical (unpaired) electrons. The maximum atomic E-state index is 12.7. The van der Waals surface area contributed by atoms with E-state index < -0.39 is 10.0 Å². The van der Waals surface area contributed by atoms with E-state index in [2.05, 4.69) is 10.2 Å². The van der Waals surface area contributed by atoms with Crippen LogP contribution in [0, 0.1) is 6.92 Å². The van der Waals surface area contributed by atoms with Gasteiger partial charge in [-0.2, -0.15) is 4.31 Å². The zero-order valence-electron chi connectivity index (χ0n) is 15.8. The molecule has 0 aliphatic carbocycles. The largest absolute Gasteiger partial charge is 0.351 e. The number of aryl methyl sites for hydroxylation is 1. The Kier molecular flexibility index (Phi) is 6.72. The first-order valence-electron chi connectivity index (χ1n) is 9.19. The van der Waals surface area contributed by atoms with Gasteiger partial charge in [0.2, 0.25) is 10.0 Å². The van der Waals surface area contributed by atoms with Crippen molar-refractivity contribution in [3.63, 3.8) is 0 Å². The Morgan fingerprint density at radius 2 is 1.61 bits per heavy atom. The first-order valence-corrected chi connectivity index (χ1v) is 11.0. The first-order chi connectivity index (χ1) is 13.4. The van der Waals surface area contributed by atoms with Crippen LogP contribution < -0.4 is 5.32 Å². The molecule has 8 heteroatoms. The molecule has 0 saturated carbocycles. The summed E-state index contributed by atoms with van der Waals surface area (Å²) in [5.74, 6) is -0.141. The predicted octanol–water partition coefficient (Wildman–Crippen LogP) is 2.38. The molecule has 0 unspecified atom stereocenters. The summed E-state index contributed by atoms with van der Waals surface area (Å²) in [6.45, 7) is 5.29. The van der Waals surface area contributed by atoms with Crippen LogP contribution in [0.3, 0.4) is 0 Å². The number of amides is 1. The van der Waals surface area contributed by atoms with Crippen molar-refractivity contribution in [2.24, 2.45) is 0 Å². The van der Waals surface area contributed by atoms with Gasteiger partial charge in [-0.3, -0.25) is 9.69 Å². The molecule has 1 aliphatic rings. The SMILES string of the molecule is Cc1ccc(S(=O)(=O)N2CCN(CCNC(=O)c3ccc(Cl)cc3)CC2)cc1. The molecule has 3 rings (SSSR count). The Hall–Kier alpha value is -1.93. The van der Waals surface area contributed by atoms with Crippen LogP contribution in [0.2, 0.25) is 5.02 Å². The fourth-order valence-corrected chi connectivity index (χ4v) is 4.63. The topological polar surface area (TPSA) is 69.7 Å². The lowest BCUT2D eigenvalue weighted by atomic mass is 10.2. The fraction of sp³-hybridized carbons (Fsp3) is 0.350. The highest BCUT2D eigenvalue weighted by Crippen LogP contribution is 2.18. The van der Waals surface area contributed by atoms with Crippen LogP contribution >= 0.6 is 11.6 Å². The van der Waals surface area contributed by atoms with E-state index in [1.54, 1.807) is 36.4 Å². The van der Waals surface area contributed by atoms with Crippen LogP contribution in [0.5, 0.6) is 0 Å². The van der Waals surface area contributed by atoms with Gasteiger partial charge < -0.3 is 5.32 Å². The highest BCUT2D eigenvalue weighted by atomic mass is 35.5. The molecule has 1 heterocycles. The Bertz CT molecular complexity index is 907. The van der Waals surface area contributed by atoms with E-state index in [4.69, 9.17) is 11.6 Å². The third kappa shape index (κ3) is 5.11. The zero-order chi connectivity index (χ0) is 20.1. The number of hydrogen-bond donors (Lipinski definition) is 1. The van der Waals surface area contributed by atoms with E-state index in [-0.39, 0.29) is 5.91 Å². The van der Waals surface area contributed by atoms with E-state index in [1.165, 1.54) is 4.31 Å². The molecule has 1 amide bonds. The van der Waals surface area contributed by atoms with Gasteiger partial charge in [-0.15, -0.1) is 0 Å². The van der Waals surface area contributed by atoms with Crippen molar-refractivity contribution in [1.29, 1.82) is 0 Å². The first kappa shape index (κ1) is 20.8. The lowest BCUT2D eigenvalue weighted by molar-refractivity contribution is 0.0945. The van der Waals surface area contributed by atoms with E-state index >= 15 is 0 Å². The van der Waals surface area contributed by atoms with E-state index in [1.807, 2.05) is 19.1 Å². The molecule has 0 bridgehead atoms. The van der Waals surface area contributed by atoms with Crippen LogP contribution in [-0.4, -0.2) is 62.8 Å². The monoisotopic (exact) mass is 421 g/mol. The number of piperazine rings is 1. The summed E-state index contributed by atoms with van der Waals surface area (Å²) in [6, 6.07) is 13.7. The maximum absolute atomic E-state index is 12.7. The second-order valence-electron chi connectivity index (χ2n) is 6.82. The molecule has 0 spiro atoms. The van der Waals surface area contributed by atoms with Gasteiger partial charge in [0.25, 0.3) is 5.91 Å². The molecular weight excluding hydrogens is 398 g/mol. The third-order valence-corrected chi connectivity index (χ3v) is 6.97. The van der Waals surface area contributed by atoms with Crippen LogP contribution in [0.4, 0.5) is 0 Å². The number of rotatable bonds is 6. The molecule has 28 heavy (non-hydrogen) atoms. The molecule has 1 fully saturated rings. The van der Waals surface area contributed by atoms with Crippen LogP contribution in [0.15, 0.2) is 53.4 Å². The Morgan fingerprint density at radius 3 is 2.21 bits per heavy atom. The van der Waals surface area contributed by atoms with Gasteiger partial charge in [-0.1, -0.05) is 29.3 Å². The summed E-state index contributed by atoms with van der Waals surface area (Å²) in [6.07, 6.45) is 0. The van der Waals surface area contributed by atoms with Crippen LogP contribution in [0.1, 0.15) is 15.9 Å². The van der Waals surface area contributed by atoms with Crippen molar-refractivity contribution < 1.29 is 13.2 Å². The van der Waals surface area contributed by atoms with Gasteiger partial charge in [-0.25, -0.2) is 8.42 Å². The van der Waals surface area contributed by atoms with Gasteiger partial charge in [0.15, 0.2) is 0 Å². The minimum absolute atomic E-state index is 0.141. The minimum Gasteiger partial charge on any atom is -0.351 e. The standard InChI is InChI=1S/C20H24ClN3O3S/c1-16-2-8-19(9-3-16)28(26,27)24-14-12-23(13-15-24)11-10-22-20(25)17-4-6-18(21)7-5-17/h2-9H,10-15H2,1H3,(H,22,25). The smallest absolute Gasteiger partial charge is 0.251 e. The number of carbonyl (C=O) groups is 1. The zero-order valence-corrected chi connectivity index (χ0v) is 17.3. The average Bonchev–Trinajstić information content (AvgIpc) is 2.69. The molecule has 6 nitrogen and oxygen atoms in total. The lowest BCUT2D eigenvalue weighted by Gasteiger charge is -2.34. The summed E-state index contributed by atoms with van der Waals surface area (Å²) in [7, 11) is -3.45. The normalized spacial score (nSPS) is 16.1. The summed E-state index contributed by atoms with van der Waals surface area (Å²) < 4.78 is 27.0. The quantitative estimate of drug-likeness (QED) is 0.777. The predicted molar refractivity (Wildman–Crippen MR) is 110 cm³/mol. The Labute approximate surface area is 171 Å². The van der Waals surface area contributed by atoms with Crippen LogP contribution in [-0.2, 0) is 10.0 Å². The second kappa shape index (κ2) is 9.05. The Morgan fingerprint density at radius 1 is 1.00 bits per heavy atom. The number of halogens is 1. The molecule has 1 aliphatic heterocycles. The van der Waals surface area contributed by atoms with E-state index in [0.29, 0.717) is 54.8 Å². The fourth-order valence-electron chi connectivity index (χ4n) is 3.08. The summed E-state index contributed by atoms with van der Waals surface area (Å²) >= 11 is 5.83. The molecule has 150 valence electrons. The number of nitrogens with one attached hydrogen (secondary N) is 1. The molecule has 0 aromatic heterocycles. The van der Waals surface area contributed by atoms with Crippen molar-refractivity contribution in [2.45, 2.75) is 11.8 Å². The number of nitrogens with zero attached hydrogens (tertiary/aromatic N) is 2. The summed E-state index contributed by atoms with van der Waals surface area (Å²) in [4.78, 5) is 14.6. The molecule has 2 aromatic carbocycles. The molecule has 0 atom stereocenters. The number of sulfonamides is 1. The molecule has 1 N–H and O–H groups in total. The molecular formula is C20H24ClN3O3S. The van der Waals surface area contributed by atoms with Gasteiger partial charge in [0.1, 0.15) is 0 Å². The summed E-state index contributed by atoms with van der Waals surface area (Å²) in [5.41, 5.74) is 1.60. The maximum Gasteiger partial charge on any atom is 0.251 e. The van der Waals surface area contributed by atoms with Crippen molar-refractivity contribution in [2.75, 3.05) is 39.3 Å². The van der Waals surface area contributed by atoms with E-state index in [9.17, 15) is 13.2 Å². The van der Waals surface area contributed by atoms with Crippen molar-refractivity contribution in [3.8, 4) is 0 Å². The van der Waals surface area contributed by atoms with Gasteiger partial charge in [-0.05, 0) is 43.3 Å². The molecule has 1 saturated heterocycles. The Balaban J connectivity index is 1.45. The van der Waals surface area contributed by atoms with Gasteiger partial charge in [0.05, 0.1) is 4.90 Å².